The minimum absolute atomic E-state index is 0.0854. The molecule has 1 aliphatic carbocycles. The fourth-order valence-corrected chi connectivity index (χ4v) is 5.61. The maximum absolute atomic E-state index is 12.2. The average Bonchev–Trinajstić information content (AvgIpc) is 3.08. The number of Topliss-reactive ketones (excluding diaryl/α,β-unsaturated/α-hetero) is 1. The third kappa shape index (κ3) is 7.76. The van der Waals surface area contributed by atoms with Crippen molar-refractivity contribution in [2.45, 2.75) is 91.9 Å². The highest BCUT2D eigenvalue weighted by Crippen LogP contribution is 2.37. The van der Waals surface area contributed by atoms with Crippen molar-refractivity contribution in [3.05, 3.63) is 67.1 Å². The molecule has 2 atom stereocenters. The predicted octanol–water partition coefficient (Wildman–Crippen LogP) is 9.59. The molecule has 0 saturated carbocycles. The van der Waals surface area contributed by atoms with Crippen LogP contribution in [-0.2, 0) is 28.5 Å². The average molecular weight is 627 g/mol. The Morgan fingerprint density at radius 3 is 2.00 bits per heavy atom. The highest BCUT2D eigenvalue weighted by atomic mass is 79.9. The predicted molar refractivity (Wildman–Crippen MR) is 156 cm³/mol. The third-order valence-electron chi connectivity index (χ3n) is 6.84. The second-order valence-electron chi connectivity index (χ2n) is 11.6. The number of halogens is 3. The molecule has 0 aliphatic heterocycles. The molecule has 0 saturated heterocycles. The van der Waals surface area contributed by atoms with E-state index in [2.05, 4.69) is 111 Å². The number of benzene rings is 2. The van der Waals surface area contributed by atoms with Gasteiger partial charge in [-0.15, -0.1) is 0 Å². The molecule has 2 aromatic rings. The summed E-state index contributed by atoms with van der Waals surface area (Å²) >= 11 is 12.8. The lowest BCUT2D eigenvalue weighted by Gasteiger charge is -2.20. The third-order valence-corrected chi connectivity index (χ3v) is 8.59. The molecule has 2 aromatic carbocycles. The zero-order valence-corrected chi connectivity index (χ0v) is 26.2. The molecular weight excluding hydrogens is 588 g/mol. The molecule has 0 radical (unpaired) electrons. The van der Waals surface area contributed by atoms with Gasteiger partial charge in [0.15, 0.2) is 5.78 Å². The molecule has 0 fully saturated rings. The summed E-state index contributed by atoms with van der Waals surface area (Å²) in [7, 11) is 0. The quantitative estimate of drug-likeness (QED) is 0.310. The van der Waals surface area contributed by atoms with Gasteiger partial charge in [-0.2, -0.15) is 0 Å². The van der Waals surface area contributed by atoms with Crippen LogP contribution in [0.4, 0.5) is 0 Å². The number of ketones is 1. The minimum Gasteiger partial charge on any atom is -0.294 e. The maximum Gasteiger partial charge on any atom is 0.225 e. The highest BCUT2D eigenvalue weighted by molar-refractivity contribution is 9.10. The molecule has 0 aromatic heterocycles. The lowest BCUT2D eigenvalue weighted by atomic mass is 9.85. The van der Waals surface area contributed by atoms with Crippen molar-refractivity contribution in [3.8, 4) is 0 Å². The molecule has 3 rings (SSSR count). The zero-order valence-electron chi connectivity index (χ0n) is 22.3. The van der Waals surface area contributed by atoms with Crippen molar-refractivity contribution in [1.82, 2.24) is 0 Å². The summed E-state index contributed by atoms with van der Waals surface area (Å²) in [5, 5.41) is -0.246. The molecule has 0 amide bonds. The van der Waals surface area contributed by atoms with Gasteiger partial charge >= 0.3 is 0 Å². The first kappa shape index (κ1) is 30.3. The smallest absolute Gasteiger partial charge is 0.225 e. The summed E-state index contributed by atoms with van der Waals surface area (Å²) < 4.78 is 2.16. The van der Waals surface area contributed by atoms with Crippen LogP contribution in [0, 0.1) is 11.8 Å². The SMILES string of the molecule is CCC(Cc1ccc(C(C)(C)C)cc1Br)C(=O)Cl.CCC1Cc2c(Br)cc(C(C)(C)C)cc2C1=O. The number of rotatable bonds is 5. The van der Waals surface area contributed by atoms with Gasteiger partial charge in [0.05, 0.1) is 0 Å². The first-order chi connectivity index (χ1) is 16.1. The molecule has 0 bridgehead atoms. The minimum atomic E-state index is -0.246. The van der Waals surface area contributed by atoms with Crippen LogP contribution in [0.15, 0.2) is 39.3 Å². The Kier molecular flexibility index (Phi) is 10.4. The van der Waals surface area contributed by atoms with Gasteiger partial charge in [0.1, 0.15) is 0 Å². The van der Waals surface area contributed by atoms with Gasteiger partial charge in [-0.1, -0.05) is 99.4 Å². The van der Waals surface area contributed by atoms with E-state index in [-0.39, 0.29) is 27.9 Å². The molecule has 2 nitrogen and oxygen atoms in total. The summed E-state index contributed by atoms with van der Waals surface area (Å²) in [6.07, 6.45) is 3.31. The Labute approximate surface area is 233 Å². The Morgan fingerprint density at radius 1 is 0.971 bits per heavy atom. The number of fused-ring (bicyclic) bond motifs is 1. The zero-order chi connectivity index (χ0) is 26.7. The van der Waals surface area contributed by atoms with Crippen LogP contribution in [0.1, 0.15) is 101 Å². The van der Waals surface area contributed by atoms with Crippen molar-refractivity contribution in [2.75, 3.05) is 0 Å². The van der Waals surface area contributed by atoms with E-state index in [4.69, 9.17) is 11.6 Å². The van der Waals surface area contributed by atoms with E-state index in [1.165, 1.54) is 16.7 Å². The van der Waals surface area contributed by atoms with Crippen LogP contribution < -0.4 is 0 Å². The molecule has 2 unspecified atom stereocenters. The van der Waals surface area contributed by atoms with E-state index in [9.17, 15) is 9.59 Å². The normalized spacial score (nSPS) is 16.4. The van der Waals surface area contributed by atoms with Crippen molar-refractivity contribution < 1.29 is 9.59 Å². The van der Waals surface area contributed by atoms with Crippen LogP contribution in [0.5, 0.6) is 0 Å². The monoisotopic (exact) mass is 624 g/mol. The van der Waals surface area contributed by atoms with Gasteiger partial charge in [-0.3, -0.25) is 9.59 Å². The Balaban J connectivity index is 0.000000247. The largest absolute Gasteiger partial charge is 0.294 e. The molecule has 0 spiro atoms. The van der Waals surface area contributed by atoms with E-state index in [0.717, 1.165) is 39.3 Å². The standard InChI is InChI=1S/C15H20BrClO.C15H19BrO/c1-5-10(14(17)18)8-11-6-7-12(9-13(11)16)15(2,3)4;1-5-9-6-11-12(14(9)17)7-10(8-13(11)16)15(2,3)4/h6-7,9-10H,5,8H2,1-4H3;7-9H,5-6H2,1-4H3. The van der Waals surface area contributed by atoms with Crippen molar-refractivity contribution in [1.29, 1.82) is 0 Å². The van der Waals surface area contributed by atoms with Crippen LogP contribution in [0.3, 0.4) is 0 Å². The highest BCUT2D eigenvalue weighted by Gasteiger charge is 2.32. The topological polar surface area (TPSA) is 34.1 Å². The number of hydrogen-bond donors (Lipinski definition) is 0. The first-order valence-corrected chi connectivity index (χ1v) is 14.4. The second kappa shape index (κ2) is 12.0. The van der Waals surface area contributed by atoms with E-state index in [0.29, 0.717) is 12.2 Å². The van der Waals surface area contributed by atoms with E-state index < -0.39 is 0 Å². The summed E-state index contributed by atoms with van der Waals surface area (Å²) in [5.74, 6) is 0.425. The second-order valence-corrected chi connectivity index (χ2v) is 13.7. The van der Waals surface area contributed by atoms with E-state index in [1.54, 1.807) is 0 Å². The van der Waals surface area contributed by atoms with Gasteiger partial charge in [0, 0.05) is 26.3 Å². The summed E-state index contributed by atoms with van der Waals surface area (Å²) in [4.78, 5) is 23.5. The summed E-state index contributed by atoms with van der Waals surface area (Å²) in [6.45, 7) is 17.2. The van der Waals surface area contributed by atoms with E-state index >= 15 is 0 Å². The first-order valence-electron chi connectivity index (χ1n) is 12.4. The number of carbonyl (C=O) groups excluding carboxylic acids is 2. The van der Waals surface area contributed by atoms with Crippen LogP contribution in [0.25, 0.3) is 0 Å². The molecule has 0 heterocycles. The maximum atomic E-state index is 12.2. The van der Waals surface area contributed by atoms with Crippen LogP contribution in [0.2, 0.25) is 0 Å². The summed E-state index contributed by atoms with van der Waals surface area (Å²) in [5.41, 5.74) is 6.02. The lowest BCUT2D eigenvalue weighted by molar-refractivity contribution is -0.115. The molecule has 0 N–H and O–H groups in total. The van der Waals surface area contributed by atoms with Gasteiger partial charge in [0.25, 0.3) is 0 Å². The molecule has 1 aliphatic rings. The van der Waals surface area contributed by atoms with Gasteiger partial charge < -0.3 is 0 Å². The van der Waals surface area contributed by atoms with Gasteiger partial charge in [-0.05, 0) is 88.6 Å². The Morgan fingerprint density at radius 2 is 1.54 bits per heavy atom. The number of hydrogen-bond acceptors (Lipinski definition) is 2. The fraction of sp³-hybridized carbons (Fsp3) is 0.533. The van der Waals surface area contributed by atoms with E-state index in [1.807, 2.05) is 6.92 Å². The molecule has 192 valence electrons. The molecule has 35 heavy (non-hydrogen) atoms. The molecular formula is C30H39Br2ClO2. The van der Waals surface area contributed by atoms with Gasteiger partial charge in [0.2, 0.25) is 5.24 Å². The molecule has 5 heteroatoms. The Hall–Kier alpha value is -0.970. The fourth-order valence-electron chi connectivity index (χ4n) is 4.22. The van der Waals surface area contributed by atoms with Crippen LogP contribution >= 0.6 is 43.5 Å². The number of carbonyl (C=O) groups is 2. The lowest BCUT2D eigenvalue weighted by Crippen LogP contribution is -2.13. The van der Waals surface area contributed by atoms with Gasteiger partial charge in [-0.25, -0.2) is 0 Å². The van der Waals surface area contributed by atoms with Crippen molar-refractivity contribution in [2.24, 2.45) is 11.8 Å². The van der Waals surface area contributed by atoms with Crippen molar-refractivity contribution >= 4 is 54.5 Å². The van der Waals surface area contributed by atoms with Crippen molar-refractivity contribution in [3.63, 3.8) is 0 Å². The summed E-state index contributed by atoms with van der Waals surface area (Å²) in [6, 6.07) is 10.6. The van der Waals surface area contributed by atoms with Crippen LogP contribution in [-0.4, -0.2) is 11.0 Å². The Bertz CT molecular complexity index is 1080.